The third kappa shape index (κ3) is 3.29. The van der Waals surface area contributed by atoms with Crippen molar-refractivity contribution in [1.82, 2.24) is 4.90 Å². The first kappa shape index (κ1) is 13.5. The fourth-order valence-corrected chi connectivity index (χ4v) is 5.14. The third-order valence-corrected chi connectivity index (χ3v) is 6.17. The van der Waals surface area contributed by atoms with Crippen molar-refractivity contribution in [3.63, 3.8) is 0 Å². The maximum Gasteiger partial charge on any atom is 0.154 e. The van der Waals surface area contributed by atoms with E-state index in [0.717, 1.165) is 9.35 Å². The van der Waals surface area contributed by atoms with Gasteiger partial charge in [-0.25, -0.2) is 8.42 Å². The zero-order valence-corrected chi connectivity index (χ0v) is 12.6. The zero-order chi connectivity index (χ0) is 12.6. The fourth-order valence-electron chi connectivity index (χ4n) is 2.07. The summed E-state index contributed by atoms with van der Waals surface area (Å²) in [5, 5.41) is 11.8. The van der Waals surface area contributed by atoms with Crippen molar-refractivity contribution in [2.75, 3.05) is 18.6 Å². The van der Waals surface area contributed by atoms with Crippen molar-refractivity contribution >= 4 is 37.1 Å². The molecule has 1 N–H and O–H groups in total. The lowest BCUT2D eigenvalue weighted by molar-refractivity contribution is 0.0958. The number of hydrogen-bond donors (Lipinski definition) is 1. The summed E-state index contributed by atoms with van der Waals surface area (Å²) in [4.78, 5) is 1.91. The van der Waals surface area contributed by atoms with Crippen LogP contribution in [0.15, 0.2) is 15.2 Å². The van der Waals surface area contributed by atoms with Crippen LogP contribution in [0.4, 0.5) is 0 Å². The monoisotopic (exact) mass is 339 g/mol. The predicted octanol–water partition coefficient (Wildman–Crippen LogP) is 1.10. The molecular weight excluding hydrogens is 326 g/mol. The maximum atomic E-state index is 11.4. The topological polar surface area (TPSA) is 57.6 Å². The fraction of sp³-hybridized carbons (Fsp3) is 0.600. The first-order valence-corrected chi connectivity index (χ1v) is 8.68. The van der Waals surface area contributed by atoms with E-state index in [9.17, 15) is 13.5 Å². The van der Waals surface area contributed by atoms with Gasteiger partial charge in [-0.2, -0.15) is 0 Å². The number of nitrogens with zero attached hydrogens (tertiary/aromatic N) is 1. The molecule has 1 aliphatic rings. The van der Waals surface area contributed by atoms with Gasteiger partial charge in [-0.1, -0.05) is 0 Å². The molecule has 0 spiro atoms. The SMILES string of the molecule is CN(Cc1csc(Br)c1)C1CS(=O)(=O)CC1O. The zero-order valence-electron chi connectivity index (χ0n) is 9.34. The number of likely N-dealkylation sites (N-methyl/N-ethyl adjacent to an activating group) is 1. The van der Waals surface area contributed by atoms with Crippen LogP contribution in [0.2, 0.25) is 0 Å². The molecule has 0 aromatic carbocycles. The summed E-state index contributed by atoms with van der Waals surface area (Å²) in [5.41, 5.74) is 1.13. The molecule has 7 heteroatoms. The highest BCUT2D eigenvalue weighted by atomic mass is 79.9. The molecule has 4 nitrogen and oxygen atoms in total. The van der Waals surface area contributed by atoms with Crippen molar-refractivity contribution in [2.45, 2.75) is 18.7 Å². The van der Waals surface area contributed by atoms with Crippen molar-refractivity contribution < 1.29 is 13.5 Å². The van der Waals surface area contributed by atoms with Gasteiger partial charge in [-0.3, -0.25) is 4.90 Å². The molecule has 1 aromatic heterocycles. The minimum absolute atomic E-state index is 0.0516. The molecule has 1 aliphatic heterocycles. The Kier molecular flexibility index (Phi) is 3.94. The predicted molar refractivity (Wildman–Crippen MR) is 71.9 cm³/mol. The van der Waals surface area contributed by atoms with E-state index < -0.39 is 15.9 Å². The number of hydrogen-bond acceptors (Lipinski definition) is 5. The summed E-state index contributed by atoms with van der Waals surface area (Å²) in [7, 11) is -1.23. The molecular formula is C10H14BrNO3S2. The Morgan fingerprint density at radius 2 is 2.29 bits per heavy atom. The van der Waals surface area contributed by atoms with E-state index in [1.807, 2.05) is 23.4 Å². The number of sulfone groups is 1. The first-order chi connectivity index (χ1) is 7.87. The van der Waals surface area contributed by atoms with Gasteiger partial charge in [0, 0.05) is 6.54 Å². The van der Waals surface area contributed by atoms with E-state index in [1.165, 1.54) is 0 Å². The summed E-state index contributed by atoms with van der Waals surface area (Å²) in [6.45, 7) is 0.652. The highest BCUT2D eigenvalue weighted by Crippen LogP contribution is 2.24. The standard InChI is InChI=1S/C10H14BrNO3S2/c1-12(3-7-2-10(11)16-4-7)8-5-17(14,15)6-9(8)13/h2,4,8-9,13H,3,5-6H2,1H3. The van der Waals surface area contributed by atoms with Crippen molar-refractivity contribution in [1.29, 1.82) is 0 Å². The van der Waals surface area contributed by atoms with Gasteiger partial charge in [0.2, 0.25) is 0 Å². The van der Waals surface area contributed by atoms with Gasteiger partial charge >= 0.3 is 0 Å². The Balaban J connectivity index is 2.03. The third-order valence-electron chi connectivity index (χ3n) is 2.91. The Morgan fingerprint density at radius 1 is 1.59 bits per heavy atom. The van der Waals surface area contributed by atoms with Crippen LogP contribution < -0.4 is 0 Å². The lowest BCUT2D eigenvalue weighted by atomic mass is 10.2. The van der Waals surface area contributed by atoms with Crippen LogP contribution in [-0.2, 0) is 16.4 Å². The maximum absolute atomic E-state index is 11.4. The van der Waals surface area contributed by atoms with Crippen molar-refractivity contribution in [3.05, 3.63) is 20.8 Å². The molecule has 96 valence electrons. The molecule has 2 atom stereocenters. The van der Waals surface area contributed by atoms with Gasteiger partial charge in [-0.15, -0.1) is 11.3 Å². The molecule has 2 unspecified atom stereocenters. The van der Waals surface area contributed by atoms with E-state index >= 15 is 0 Å². The van der Waals surface area contributed by atoms with Gasteiger partial charge < -0.3 is 5.11 Å². The van der Waals surface area contributed by atoms with Crippen LogP contribution in [0.5, 0.6) is 0 Å². The summed E-state index contributed by atoms with van der Waals surface area (Å²) in [6, 6.07) is 1.72. The first-order valence-electron chi connectivity index (χ1n) is 5.19. The van der Waals surface area contributed by atoms with Gasteiger partial charge in [-0.05, 0) is 40.0 Å². The van der Waals surface area contributed by atoms with E-state index in [4.69, 9.17) is 0 Å². The van der Waals surface area contributed by atoms with Crippen LogP contribution in [0.3, 0.4) is 0 Å². The molecule has 2 heterocycles. The molecule has 0 saturated carbocycles. The summed E-state index contributed by atoms with van der Waals surface area (Å²) >= 11 is 4.99. The average molecular weight is 340 g/mol. The molecule has 17 heavy (non-hydrogen) atoms. The normalized spacial score (nSPS) is 27.8. The molecule has 1 aromatic rings. The van der Waals surface area contributed by atoms with E-state index in [-0.39, 0.29) is 17.5 Å². The van der Waals surface area contributed by atoms with Gasteiger partial charge in [0.1, 0.15) is 0 Å². The van der Waals surface area contributed by atoms with Crippen LogP contribution in [-0.4, -0.2) is 49.1 Å². The minimum Gasteiger partial charge on any atom is -0.390 e. The molecule has 1 fully saturated rings. The number of aliphatic hydroxyl groups is 1. The second kappa shape index (κ2) is 4.97. The van der Waals surface area contributed by atoms with Crippen molar-refractivity contribution in [2.24, 2.45) is 0 Å². The smallest absolute Gasteiger partial charge is 0.154 e. The van der Waals surface area contributed by atoms with Gasteiger partial charge in [0.25, 0.3) is 0 Å². The number of rotatable bonds is 3. The summed E-state index contributed by atoms with van der Waals surface area (Å²) in [5.74, 6) is -0.0642. The quantitative estimate of drug-likeness (QED) is 0.895. The molecule has 0 amide bonds. The second-order valence-corrected chi connectivity index (χ2v) is 8.83. The molecule has 0 bridgehead atoms. The lowest BCUT2D eigenvalue weighted by Crippen LogP contribution is -2.39. The highest BCUT2D eigenvalue weighted by Gasteiger charge is 2.38. The number of halogens is 1. The van der Waals surface area contributed by atoms with Gasteiger partial charge in [0.15, 0.2) is 9.84 Å². The van der Waals surface area contributed by atoms with Gasteiger partial charge in [0.05, 0.1) is 27.4 Å². The Labute approximate surface area is 113 Å². The van der Waals surface area contributed by atoms with E-state index in [0.29, 0.717) is 6.54 Å². The Hall–Kier alpha value is 0.0500. The van der Waals surface area contributed by atoms with Crippen LogP contribution in [0.25, 0.3) is 0 Å². The molecule has 0 radical (unpaired) electrons. The van der Waals surface area contributed by atoms with E-state index in [1.54, 1.807) is 11.3 Å². The molecule has 2 rings (SSSR count). The lowest BCUT2D eigenvalue weighted by Gasteiger charge is -2.25. The Bertz CT molecular complexity index is 499. The van der Waals surface area contributed by atoms with E-state index in [2.05, 4.69) is 15.9 Å². The number of aliphatic hydroxyl groups excluding tert-OH is 1. The Morgan fingerprint density at radius 3 is 2.76 bits per heavy atom. The minimum atomic E-state index is -3.08. The molecule has 1 saturated heterocycles. The van der Waals surface area contributed by atoms with Crippen LogP contribution in [0, 0.1) is 0 Å². The second-order valence-electron chi connectivity index (χ2n) is 4.39. The highest BCUT2D eigenvalue weighted by molar-refractivity contribution is 9.11. The van der Waals surface area contributed by atoms with Crippen LogP contribution in [0.1, 0.15) is 5.56 Å². The largest absolute Gasteiger partial charge is 0.390 e. The average Bonchev–Trinajstić information content (AvgIpc) is 2.70. The summed E-state index contributed by atoms with van der Waals surface area (Å²) in [6.07, 6.45) is -0.771. The van der Waals surface area contributed by atoms with Crippen molar-refractivity contribution in [3.8, 4) is 0 Å². The summed E-state index contributed by atoms with van der Waals surface area (Å²) < 4.78 is 23.9. The molecule has 0 aliphatic carbocycles. The van der Waals surface area contributed by atoms with Crippen LogP contribution >= 0.6 is 27.3 Å². The number of thiophene rings is 1.